The van der Waals surface area contributed by atoms with Crippen molar-refractivity contribution in [1.82, 2.24) is 0 Å². The van der Waals surface area contributed by atoms with Gasteiger partial charge in [-0.05, 0) is 81.9 Å². The molecular formula is C30H36F4O3. The molecule has 2 aromatic carbocycles. The summed E-state index contributed by atoms with van der Waals surface area (Å²) in [6.45, 7) is 7.00. The van der Waals surface area contributed by atoms with Crippen molar-refractivity contribution in [3.05, 3.63) is 65.8 Å². The van der Waals surface area contributed by atoms with Crippen LogP contribution in [0.4, 0.5) is 17.6 Å². The monoisotopic (exact) mass is 520 g/mol. The van der Waals surface area contributed by atoms with E-state index in [2.05, 4.69) is 6.58 Å². The first kappa shape index (κ1) is 27.6. The zero-order chi connectivity index (χ0) is 26.4. The summed E-state index contributed by atoms with van der Waals surface area (Å²) in [6, 6.07) is 5.15. The maximum absolute atomic E-state index is 14.9. The molecule has 0 saturated carbocycles. The summed E-state index contributed by atoms with van der Waals surface area (Å²) < 4.78 is 75.8. The third kappa shape index (κ3) is 6.55. The first-order valence-corrected chi connectivity index (χ1v) is 13.3. The molecule has 0 spiro atoms. The Labute approximate surface area is 216 Å². The zero-order valence-corrected chi connectivity index (χ0v) is 21.4. The third-order valence-corrected chi connectivity index (χ3v) is 7.65. The number of allylic oxidation sites excluding steroid dienone is 1. The van der Waals surface area contributed by atoms with E-state index >= 15 is 0 Å². The van der Waals surface area contributed by atoms with Crippen LogP contribution < -0.4 is 4.74 Å². The van der Waals surface area contributed by atoms with Gasteiger partial charge in [-0.25, -0.2) is 13.2 Å². The van der Waals surface area contributed by atoms with E-state index in [1.165, 1.54) is 30.7 Å². The van der Waals surface area contributed by atoms with E-state index in [9.17, 15) is 17.6 Å². The van der Waals surface area contributed by atoms with Crippen LogP contribution in [0, 0.1) is 35.1 Å². The fourth-order valence-corrected chi connectivity index (χ4v) is 5.44. The third-order valence-electron chi connectivity index (χ3n) is 7.65. The van der Waals surface area contributed by atoms with Crippen LogP contribution >= 0.6 is 0 Å². The molecule has 0 radical (unpaired) electrons. The lowest BCUT2D eigenvalue weighted by Gasteiger charge is -2.38. The van der Waals surface area contributed by atoms with Gasteiger partial charge in [-0.1, -0.05) is 18.2 Å². The van der Waals surface area contributed by atoms with Gasteiger partial charge in [0, 0.05) is 23.7 Å². The van der Waals surface area contributed by atoms with Gasteiger partial charge in [0.05, 0.1) is 25.4 Å². The first-order chi connectivity index (χ1) is 17.9. The maximum Gasteiger partial charge on any atom is 0.201 e. The summed E-state index contributed by atoms with van der Waals surface area (Å²) in [6.07, 6.45) is 9.23. The molecular weight excluding hydrogens is 484 g/mol. The van der Waals surface area contributed by atoms with Crippen LogP contribution in [0.2, 0.25) is 0 Å². The Kier molecular flexibility index (Phi) is 9.65. The average Bonchev–Trinajstić information content (AvgIpc) is 2.92. The van der Waals surface area contributed by atoms with Crippen molar-refractivity contribution in [2.75, 3.05) is 19.8 Å². The Bertz CT molecular complexity index is 1060. The standard InChI is InChI=1S/C30H36F4O3/c1-3-5-6-19-7-15-25(37-17-19)21-9-12-22(36-18-21)11-8-20-10-13-23(28(32)27(20)31)24-14-16-26(35-4-2)30(34)29(24)33/h3,10,13-14,16,19,21-22,25H,1,4-9,11-12,15,17-18H2,2H3. The van der Waals surface area contributed by atoms with Gasteiger partial charge in [-0.3, -0.25) is 0 Å². The highest BCUT2D eigenvalue weighted by molar-refractivity contribution is 5.66. The highest BCUT2D eigenvalue weighted by Gasteiger charge is 2.32. The average molecular weight is 521 g/mol. The van der Waals surface area contributed by atoms with Gasteiger partial charge in [0.15, 0.2) is 23.2 Å². The normalized spacial score (nSPS) is 24.1. The molecule has 3 nitrogen and oxygen atoms in total. The van der Waals surface area contributed by atoms with E-state index in [1.54, 1.807) is 6.92 Å². The lowest BCUT2D eigenvalue weighted by atomic mass is 9.85. The Balaban J connectivity index is 1.30. The van der Waals surface area contributed by atoms with Gasteiger partial charge in [0.1, 0.15) is 0 Å². The van der Waals surface area contributed by atoms with E-state index in [-0.39, 0.29) is 41.3 Å². The predicted molar refractivity (Wildman–Crippen MR) is 136 cm³/mol. The van der Waals surface area contributed by atoms with Crippen LogP contribution in [0.3, 0.4) is 0 Å². The van der Waals surface area contributed by atoms with E-state index in [4.69, 9.17) is 14.2 Å². The second kappa shape index (κ2) is 12.9. The maximum atomic E-state index is 14.9. The van der Waals surface area contributed by atoms with Crippen LogP contribution in [0.1, 0.15) is 57.4 Å². The molecule has 4 rings (SSSR count). The van der Waals surface area contributed by atoms with Gasteiger partial charge in [0.25, 0.3) is 0 Å². The molecule has 7 heteroatoms. The quantitative estimate of drug-likeness (QED) is 0.236. The van der Waals surface area contributed by atoms with Crippen molar-refractivity contribution < 1.29 is 31.8 Å². The van der Waals surface area contributed by atoms with Crippen LogP contribution in [-0.2, 0) is 15.9 Å². The minimum absolute atomic E-state index is 0.0278. The Morgan fingerprint density at radius 2 is 1.62 bits per heavy atom. The van der Waals surface area contributed by atoms with Crippen molar-refractivity contribution in [1.29, 1.82) is 0 Å². The Morgan fingerprint density at radius 3 is 2.27 bits per heavy atom. The van der Waals surface area contributed by atoms with Crippen LogP contribution in [0.25, 0.3) is 11.1 Å². The lowest BCUT2D eigenvalue weighted by Crippen LogP contribution is -2.38. The van der Waals surface area contributed by atoms with Gasteiger partial charge in [-0.15, -0.1) is 6.58 Å². The summed E-state index contributed by atoms with van der Waals surface area (Å²) in [7, 11) is 0. The minimum atomic E-state index is -1.27. The van der Waals surface area contributed by atoms with E-state index in [1.807, 2.05) is 6.08 Å². The SMILES string of the molecule is C=CCCC1CCC(C2CCC(CCc3ccc(-c4ccc(OCC)c(F)c4F)c(F)c3F)OC2)OC1. The molecule has 37 heavy (non-hydrogen) atoms. The summed E-state index contributed by atoms with van der Waals surface area (Å²) in [4.78, 5) is 0. The predicted octanol–water partition coefficient (Wildman–Crippen LogP) is 7.80. The fourth-order valence-electron chi connectivity index (χ4n) is 5.44. The minimum Gasteiger partial charge on any atom is -0.491 e. The smallest absolute Gasteiger partial charge is 0.201 e. The molecule has 0 bridgehead atoms. The second-order valence-corrected chi connectivity index (χ2v) is 10.1. The van der Waals surface area contributed by atoms with Crippen LogP contribution in [0.5, 0.6) is 5.75 Å². The number of halogens is 4. The highest BCUT2D eigenvalue weighted by atomic mass is 19.2. The largest absolute Gasteiger partial charge is 0.491 e. The summed E-state index contributed by atoms with van der Waals surface area (Å²) in [5, 5.41) is 0. The first-order valence-electron chi connectivity index (χ1n) is 13.3. The summed E-state index contributed by atoms with van der Waals surface area (Å²) in [5.41, 5.74) is -0.473. The number of hydrogen-bond donors (Lipinski definition) is 0. The molecule has 2 aliphatic rings. The van der Waals surface area contributed by atoms with E-state index in [0.29, 0.717) is 31.3 Å². The molecule has 2 aromatic rings. The highest BCUT2D eigenvalue weighted by Crippen LogP contribution is 2.35. The van der Waals surface area contributed by atoms with Gasteiger partial charge in [0.2, 0.25) is 5.82 Å². The van der Waals surface area contributed by atoms with Crippen LogP contribution in [-0.4, -0.2) is 32.0 Å². The van der Waals surface area contributed by atoms with E-state index < -0.39 is 23.3 Å². The topological polar surface area (TPSA) is 27.7 Å². The molecule has 202 valence electrons. The number of benzene rings is 2. The summed E-state index contributed by atoms with van der Waals surface area (Å²) >= 11 is 0. The van der Waals surface area contributed by atoms with Gasteiger partial charge in [-0.2, -0.15) is 4.39 Å². The van der Waals surface area contributed by atoms with Crippen molar-refractivity contribution in [2.45, 2.75) is 70.5 Å². The number of hydrogen-bond acceptors (Lipinski definition) is 3. The summed E-state index contributed by atoms with van der Waals surface area (Å²) in [5.74, 6) is -4.00. The van der Waals surface area contributed by atoms with Crippen molar-refractivity contribution >= 4 is 0 Å². The second-order valence-electron chi connectivity index (χ2n) is 10.1. The molecule has 0 aromatic heterocycles. The lowest BCUT2D eigenvalue weighted by molar-refractivity contribution is -0.104. The molecule has 0 amide bonds. The van der Waals surface area contributed by atoms with Gasteiger partial charge >= 0.3 is 0 Å². The number of aryl methyl sites for hydroxylation is 1. The zero-order valence-electron chi connectivity index (χ0n) is 21.4. The molecule has 0 aliphatic carbocycles. The molecule has 2 saturated heterocycles. The molecule has 4 unspecified atom stereocenters. The van der Waals surface area contributed by atoms with Crippen molar-refractivity contribution in [2.24, 2.45) is 11.8 Å². The van der Waals surface area contributed by atoms with E-state index in [0.717, 1.165) is 38.7 Å². The molecule has 4 atom stereocenters. The molecule has 2 aliphatic heterocycles. The Morgan fingerprint density at radius 1 is 0.865 bits per heavy atom. The van der Waals surface area contributed by atoms with Crippen molar-refractivity contribution in [3.63, 3.8) is 0 Å². The fraction of sp³-hybridized carbons (Fsp3) is 0.533. The molecule has 2 heterocycles. The van der Waals surface area contributed by atoms with Gasteiger partial charge < -0.3 is 14.2 Å². The number of ether oxygens (including phenoxy) is 3. The molecule has 2 fully saturated rings. The Hall–Kier alpha value is -2.38. The number of rotatable bonds is 10. The van der Waals surface area contributed by atoms with Crippen LogP contribution in [0.15, 0.2) is 36.9 Å². The van der Waals surface area contributed by atoms with Crippen molar-refractivity contribution in [3.8, 4) is 16.9 Å². The molecule has 0 N–H and O–H groups in total.